The molecule has 2 aliphatic heterocycles. The van der Waals surface area contributed by atoms with E-state index in [2.05, 4.69) is 15.5 Å². The van der Waals surface area contributed by atoms with Crippen molar-refractivity contribution in [2.75, 3.05) is 16.0 Å². The first-order valence-electron chi connectivity index (χ1n) is 7.51. The molecular formula is C17H10Cl2N4O2S. The first-order valence-corrected chi connectivity index (χ1v) is 9.25. The van der Waals surface area contributed by atoms with E-state index in [-0.39, 0.29) is 23.3 Å². The second-order valence-corrected chi connectivity index (χ2v) is 7.29. The van der Waals surface area contributed by atoms with Crippen LogP contribution < -0.4 is 10.2 Å². The molecular weight excluding hydrogens is 395 g/mol. The molecule has 2 aromatic rings. The largest absolute Gasteiger partial charge is 0.320 e. The normalized spacial score (nSPS) is 19.4. The molecule has 2 heterocycles. The first-order chi connectivity index (χ1) is 12.5. The van der Waals surface area contributed by atoms with Crippen molar-refractivity contribution in [2.45, 2.75) is 0 Å². The Kier molecular flexibility index (Phi) is 4.44. The molecule has 1 saturated heterocycles. The van der Waals surface area contributed by atoms with Crippen molar-refractivity contribution in [3.63, 3.8) is 0 Å². The van der Waals surface area contributed by atoms with Gasteiger partial charge in [0.05, 0.1) is 17.1 Å². The summed E-state index contributed by atoms with van der Waals surface area (Å²) in [6.45, 7) is 0. The van der Waals surface area contributed by atoms with Crippen molar-refractivity contribution in [1.82, 2.24) is 0 Å². The second kappa shape index (κ2) is 6.75. The molecule has 1 N–H and O–H groups in total. The number of anilines is 2. The number of nitrogens with zero attached hydrogens (tertiary/aromatic N) is 3. The molecule has 2 aliphatic rings. The number of thioether (sulfide) groups is 1. The number of carbonyl (C=O) groups excluding carboxylic acids is 2. The number of rotatable bonds is 2. The molecule has 4 rings (SSSR count). The summed E-state index contributed by atoms with van der Waals surface area (Å²) in [6, 6.07) is 11.9. The van der Waals surface area contributed by atoms with Crippen LogP contribution in [0, 0.1) is 0 Å². The van der Waals surface area contributed by atoms with E-state index in [0.717, 1.165) is 0 Å². The summed E-state index contributed by atoms with van der Waals surface area (Å²) in [4.78, 5) is 25.8. The Labute approximate surface area is 162 Å². The lowest BCUT2D eigenvalue weighted by atomic mass is 10.1. The molecule has 0 aliphatic carbocycles. The number of benzene rings is 2. The quantitative estimate of drug-likeness (QED) is 0.773. The van der Waals surface area contributed by atoms with Crippen LogP contribution in [-0.4, -0.2) is 28.4 Å². The maximum absolute atomic E-state index is 12.2. The molecule has 0 atom stereocenters. The van der Waals surface area contributed by atoms with Gasteiger partial charge in [0, 0.05) is 15.6 Å². The van der Waals surface area contributed by atoms with Crippen LogP contribution >= 0.6 is 35.0 Å². The minimum absolute atomic E-state index is 0.129. The lowest BCUT2D eigenvalue weighted by molar-refractivity contribution is -0.115. The van der Waals surface area contributed by atoms with Gasteiger partial charge in [-0.2, -0.15) is 0 Å². The van der Waals surface area contributed by atoms with E-state index < -0.39 is 0 Å². The Bertz CT molecular complexity index is 1010. The summed E-state index contributed by atoms with van der Waals surface area (Å²) in [7, 11) is 0. The molecule has 0 radical (unpaired) electrons. The topological polar surface area (TPSA) is 74.1 Å². The third kappa shape index (κ3) is 3.09. The molecule has 1 fully saturated rings. The van der Waals surface area contributed by atoms with Crippen LogP contribution in [0.1, 0.15) is 5.56 Å². The molecule has 130 valence electrons. The standard InChI is InChI=1S/C17H10Cl2N4O2S/c18-9-2-1-3-11(6-9)23-14(24)8-26-17(23)22-21-15-12-7-10(19)4-5-13(12)20-16(15)25/h1-7H,8H2,(H,20,21,25). The minimum Gasteiger partial charge on any atom is -0.320 e. The van der Waals surface area contributed by atoms with Gasteiger partial charge in [-0.25, -0.2) is 0 Å². The number of fused-ring (bicyclic) bond motifs is 1. The van der Waals surface area contributed by atoms with Gasteiger partial charge in [-0.3, -0.25) is 14.5 Å². The van der Waals surface area contributed by atoms with Crippen molar-refractivity contribution < 1.29 is 9.59 Å². The maximum Gasteiger partial charge on any atom is 0.276 e. The lowest BCUT2D eigenvalue weighted by Crippen LogP contribution is -2.29. The van der Waals surface area contributed by atoms with Crippen LogP contribution in [0.2, 0.25) is 10.0 Å². The number of nitrogens with one attached hydrogen (secondary N) is 1. The van der Waals surface area contributed by atoms with Crippen molar-refractivity contribution in [2.24, 2.45) is 10.2 Å². The molecule has 0 bridgehead atoms. The predicted molar refractivity (Wildman–Crippen MR) is 105 cm³/mol. The summed E-state index contributed by atoms with van der Waals surface area (Å²) in [5.41, 5.74) is 1.96. The van der Waals surface area contributed by atoms with E-state index in [1.165, 1.54) is 16.7 Å². The molecule has 0 spiro atoms. The van der Waals surface area contributed by atoms with Gasteiger partial charge in [0.25, 0.3) is 5.91 Å². The molecule has 6 nitrogen and oxygen atoms in total. The molecule has 0 aromatic heterocycles. The fourth-order valence-corrected chi connectivity index (χ4v) is 3.80. The van der Waals surface area contributed by atoms with Crippen LogP contribution in [-0.2, 0) is 9.59 Å². The molecule has 2 amide bonds. The Morgan fingerprint density at radius 1 is 1.04 bits per heavy atom. The second-order valence-electron chi connectivity index (χ2n) is 5.47. The van der Waals surface area contributed by atoms with Crippen LogP contribution in [0.4, 0.5) is 11.4 Å². The van der Waals surface area contributed by atoms with Crippen molar-refractivity contribution >= 4 is 69.0 Å². The van der Waals surface area contributed by atoms with Crippen LogP contribution in [0.15, 0.2) is 52.7 Å². The summed E-state index contributed by atoms with van der Waals surface area (Å²) in [6.07, 6.45) is 0. The summed E-state index contributed by atoms with van der Waals surface area (Å²) >= 11 is 13.3. The first kappa shape index (κ1) is 17.1. The summed E-state index contributed by atoms with van der Waals surface area (Å²) in [5, 5.41) is 12.3. The van der Waals surface area contributed by atoms with Gasteiger partial charge in [0.15, 0.2) is 10.9 Å². The SMILES string of the molecule is O=C1Nc2ccc(Cl)cc2C1=NN=C1SCC(=O)N1c1cccc(Cl)c1. The average Bonchev–Trinajstić information content (AvgIpc) is 3.12. The predicted octanol–water partition coefficient (Wildman–Crippen LogP) is 3.79. The van der Waals surface area contributed by atoms with Gasteiger partial charge in [-0.1, -0.05) is 41.0 Å². The van der Waals surface area contributed by atoms with Gasteiger partial charge < -0.3 is 5.32 Å². The molecule has 9 heteroatoms. The third-order valence-corrected chi connectivity index (χ3v) is 5.15. The van der Waals surface area contributed by atoms with Crippen LogP contribution in [0.25, 0.3) is 0 Å². The van der Waals surface area contributed by atoms with E-state index in [4.69, 9.17) is 23.2 Å². The van der Waals surface area contributed by atoms with E-state index in [1.54, 1.807) is 42.5 Å². The molecule has 0 saturated carbocycles. The molecule has 26 heavy (non-hydrogen) atoms. The van der Waals surface area contributed by atoms with Gasteiger partial charge in [0.1, 0.15) is 0 Å². The van der Waals surface area contributed by atoms with Gasteiger partial charge in [0.2, 0.25) is 5.91 Å². The number of halogens is 2. The third-order valence-electron chi connectivity index (χ3n) is 3.77. The zero-order chi connectivity index (χ0) is 18.3. The zero-order valence-electron chi connectivity index (χ0n) is 13.1. The Morgan fingerprint density at radius 2 is 1.85 bits per heavy atom. The van der Waals surface area contributed by atoms with E-state index in [1.807, 2.05) is 0 Å². The molecule has 0 unspecified atom stereocenters. The van der Waals surface area contributed by atoms with E-state index in [0.29, 0.717) is 32.2 Å². The lowest BCUT2D eigenvalue weighted by Gasteiger charge is -2.15. The monoisotopic (exact) mass is 404 g/mol. The summed E-state index contributed by atoms with van der Waals surface area (Å²) < 4.78 is 0. The highest BCUT2D eigenvalue weighted by Crippen LogP contribution is 2.30. The number of amidine groups is 1. The maximum atomic E-state index is 12.2. The highest BCUT2D eigenvalue weighted by atomic mass is 35.5. The van der Waals surface area contributed by atoms with Gasteiger partial charge in [-0.15, -0.1) is 10.2 Å². The fraction of sp³-hybridized carbons (Fsp3) is 0.0588. The van der Waals surface area contributed by atoms with Crippen LogP contribution in [0.5, 0.6) is 0 Å². The average molecular weight is 405 g/mol. The fourth-order valence-electron chi connectivity index (χ4n) is 2.62. The molecule has 2 aromatic carbocycles. The van der Waals surface area contributed by atoms with Crippen molar-refractivity contribution in [1.29, 1.82) is 0 Å². The van der Waals surface area contributed by atoms with Gasteiger partial charge in [-0.05, 0) is 36.4 Å². The van der Waals surface area contributed by atoms with Crippen molar-refractivity contribution in [3.05, 3.63) is 58.1 Å². The minimum atomic E-state index is -0.366. The number of carbonyl (C=O) groups is 2. The van der Waals surface area contributed by atoms with Crippen molar-refractivity contribution in [3.8, 4) is 0 Å². The van der Waals surface area contributed by atoms with E-state index >= 15 is 0 Å². The number of hydrogen-bond donors (Lipinski definition) is 1. The van der Waals surface area contributed by atoms with Crippen LogP contribution in [0.3, 0.4) is 0 Å². The highest BCUT2D eigenvalue weighted by molar-refractivity contribution is 8.15. The Hall–Kier alpha value is -2.35. The van der Waals surface area contributed by atoms with E-state index in [9.17, 15) is 9.59 Å². The number of amides is 2. The van der Waals surface area contributed by atoms with Gasteiger partial charge >= 0.3 is 0 Å². The number of hydrogen-bond acceptors (Lipinski definition) is 5. The smallest absolute Gasteiger partial charge is 0.276 e. The summed E-state index contributed by atoms with van der Waals surface area (Å²) in [5.74, 6) is -0.254. The Balaban J connectivity index is 1.72. The highest BCUT2D eigenvalue weighted by Gasteiger charge is 2.31. The zero-order valence-corrected chi connectivity index (χ0v) is 15.4. The Morgan fingerprint density at radius 3 is 2.65 bits per heavy atom.